The lowest BCUT2D eigenvalue weighted by molar-refractivity contribution is -0.151. The second-order valence-corrected chi connectivity index (χ2v) is 16.8. The molecule has 1 unspecified atom stereocenters. The molecule has 2 aliphatic rings. The number of hydrogen-bond donors (Lipinski definition) is 2. The zero-order chi connectivity index (χ0) is 38.2. The lowest BCUT2D eigenvalue weighted by Gasteiger charge is -2.45. The number of ether oxygens (including phenoxy) is 1. The molecule has 0 aromatic heterocycles. The van der Waals surface area contributed by atoms with Gasteiger partial charge in [0.05, 0.1) is 12.2 Å². The minimum absolute atomic E-state index is 0.0267. The normalized spacial score (nSPS) is 22.4. The molecule has 0 spiro atoms. The fourth-order valence-corrected chi connectivity index (χ4v) is 9.08. The van der Waals surface area contributed by atoms with Crippen molar-refractivity contribution in [3.05, 3.63) is 60.2 Å². The van der Waals surface area contributed by atoms with Crippen molar-refractivity contribution in [1.82, 2.24) is 4.90 Å². The summed E-state index contributed by atoms with van der Waals surface area (Å²) in [5, 5.41) is 21.5. The first-order valence-corrected chi connectivity index (χ1v) is 21.9. The molecule has 2 fully saturated rings. The Morgan fingerprint density at radius 3 is 2.15 bits per heavy atom. The number of rotatable bonds is 30. The third-order valence-electron chi connectivity index (χ3n) is 12.4. The number of aryl methyl sites for hydroxylation is 1. The van der Waals surface area contributed by atoms with E-state index in [1.807, 2.05) is 7.05 Å². The summed E-state index contributed by atoms with van der Waals surface area (Å²) in [6, 6.07) is 10.4. The van der Waals surface area contributed by atoms with E-state index in [4.69, 9.17) is 16.3 Å². The first-order valence-electron chi connectivity index (χ1n) is 21.5. The quantitative estimate of drug-likeness (QED) is 0.0267. The summed E-state index contributed by atoms with van der Waals surface area (Å²) in [6.45, 7) is 2.79. The zero-order valence-corrected chi connectivity index (χ0v) is 34.1. The molecule has 6 atom stereocenters. The van der Waals surface area contributed by atoms with Crippen molar-refractivity contribution in [3.8, 4) is 0 Å². The zero-order valence-electron chi connectivity index (χ0n) is 33.4. The molecular weight excluding hydrogens is 682 g/mol. The van der Waals surface area contributed by atoms with E-state index in [0.29, 0.717) is 32.0 Å². The van der Waals surface area contributed by atoms with Gasteiger partial charge in [-0.1, -0.05) is 139 Å². The fourth-order valence-electron chi connectivity index (χ4n) is 8.62. The predicted octanol–water partition coefficient (Wildman–Crippen LogP) is 10.6. The van der Waals surface area contributed by atoms with Crippen LogP contribution < -0.4 is 0 Å². The summed E-state index contributed by atoms with van der Waals surface area (Å²) in [5.41, 5.74) is 1.53. The average molecular weight is 757 g/mol. The van der Waals surface area contributed by atoms with Crippen LogP contribution in [0.3, 0.4) is 0 Å². The van der Waals surface area contributed by atoms with E-state index < -0.39 is 6.10 Å². The summed E-state index contributed by atoms with van der Waals surface area (Å²) in [5.74, 6) is -0.234. The van der Waals surface area contributed by atoms with Gasteiger partial charge >= 0.3 is 5.97 Å². The summed E-state index contributed by atoms with van der Waals surface area (Å²) < 4.78 is 5.24. The average Bonchev–Trinajstić information content (AvgIpc) is 3.41. The summed E-state index contributed by atoms with van der Waals surface area (Å²) in [6.07, 6.45) is 33.9. The highest BCUT2D eigenvalue weighted by atomic mass is 35.5. The smallest absolute Gasteiger partial charge is 0.323 e. The van der Waals surface area contributed by atoms with Crippen molar-refractivity contribution < 1.29 is 24.5 Å². The maximum Gasteiger partial charge on any atom is 0.323 e. The number of hydrogen-bond acceptors (Lipinski definition) is 6. The van der Waals surface area contributed by atoms with Crippen molar-refractivity contribution in [3.63, 3.8) is 0 Å². The Morgan fingerprint density at radius 1 is 0.943 bits per heavy atom. The van der Waals surface area contributed by atoms with Crippen molar-refractivity contribution >= 4 is 23.9 Å². The number of halogens is 1. The van der Waals surface area contributed by atoms with E-state index in [1.165, 1.54) is 89.0 Å². The molecule has 0 heterocycles. The number of unbranched alkanes of at least 4 members (excludes halogenated alkanes) is 12. The number of carbonyl (C=O) groups excluding carboxylic acids is 2. The number of aldehydes is 1. The third-order valence-corrected chi connectivity index (χ3v) is 12.9. The Labute approximate surface area is 328 Å². The Kier molecular flexibility index (Phi) is 22.9. The van der Waals surface area contributed by atoms with Gasteiger partial charge in [-0.05, 0) is 101 Å². The van der Waals surface area contributed by atoms with Crippen molar-refractivity contribution in [1.29, 1.82) is 0 Å². The van der Waals surface area contributed by atoms with Crippen molar-refractivity contribution in [2.75, 3.05) is 20.2 Å². The van der Waals surface area contributed by atoms with Crippen LogP contribution >= 0.6 is 11.6 Å². The highest BCUT2D eigenvalue weighted by Gasteiger charge is 2.42. The predicted molar refractivity (Wildman–Crippen MR) is 220 cm³/mol. The van der Waals surface area contributed by atoms with Gasteiger partial charge in [0.15, 0.2) is 6.29 Å². The molecule has 2 aliphatic carbocycles. The van der Waals surface area contributed by atoms with E-state index in [9.17, 15) is 19.8 Å². The van der Waals surface area contributed by atoms with Crippen molar-refractivity contribution in [2.45, 2.75) is 178 Å². The maximum atomic E-state index is 12.9. The highest BCUT2D eigenvalue weighted by molar-refractivity contribution is 6.21. The van der Waals surface area contributed by atoms with Crippen LogP contribution in [0, 0.1) is 17.3 Å². The number of aliphatic hydroxyl groups excluding tert-OH is 2. The Morgan fingerprint density at radius 2 is 1.57 bits per heavy atom. The number of aliphatic hydroxyl groups is 2. The molecule has 7 heteroatoms. The molecule has 0 radical (unpaired) electrons. The van der Waals surface area contributed by atoms with E-state index in [0.717, 1.165) is 45.1 Å². The molecule has 6 nitrogen and oxygen atoms in total. The number of allylic oxidation sites excluding steroid dienone is 2. The van der Waals surface area contributed by atoms with Gasteiger partial charge in [-0.2, -0.15) is 0 Å². The third kappa shape index (κ3) is 16.7. The van der Waals surface area contributed by atoms with Crippen LogP contribution in [0.5, 0.6) is 0 Å². The van der Waals surface area contributed by atoms with Gasteiger partial charge in [0.25, 0.3) is 0 Å². The largest absolute Gasteiger partial charge is 0.457 e. The lowest BCUT2D eigenvalue weighted by atomic mass is 9.63. The van der Waals surface area contributed by atoms with Crippen molar-refractivity contribution in [2.24, 2.45) is 17.3 Å². The van der Waals surface area contributed by atoms with Gasteiger partial charge in [0.2, 0.25) is 0 Å². The molecule has 0 aliphatic heterocycles. The van der Waals surface area contributed by atoms with E-state index in [2.05, 4.69) is 66.5 Å². The molecular formula is C46H74ClNO5. The van der Waals surface area contributed by atoms with Crippen LogP contribution in [0.2, 0.25) is 0 Å². The number of esters is 1. The molecule has 53 heavy (non-hydrogen) atoms. The second-order valence-electron chi connectivity index (χ2n) is 16.2. The number of nitrogens with zero attached hydrogens (tertiary/aromatic N) is 1. The van der Waals surface area contributed by atoms with Crippen LogP contribution in [-0.2, 0) is 20.7 Å². The SMILES string of the molecule is CCC1([C@@H](O)CC=C[C@@H]2[C@@H](CC=CCCC(C(=O)OCC=O)N(C)CCCCCCCCCCCCCCCc3ccccc3)[C@H](Cl)C[C@H]2O)CCC1. The highest BCUT2D eigenvalue weighted by Crippen LogP contribution is 2.48. The number of likely N-dealkylation sites (N-methyl/N-ethyl adjacent to an activating group) is 1. The number of benzene rings is 1. The summed E-state index contributed by atoms with van der Waals surface area (Å²) in [7, 11) is 1.99. The van der Waals surface area contributed by atoms with Crippen LogP contribution in [-0.4, -0.2) is 71.2 Å². The molecule has 1 aromatic rings. The minimum Gasteiger partial charge on any atom is -0.457 e. The first-order chi connectivity index (χ1) is 25.8. The maximum absolute atomic E-state index is 12.9. The Bertz CT molecular complexity index is 1160. The van der Waals surface area contributed by atoms with Crippen LogP contribution in [0.15, 0.2) is 54.6 Å². The fraction of sp³-hybridized carbons (Fsp3) is 0.739. The van der Waals surface area contributed by atoms with Crippen LogP contribution in [0.4, 0.5) is 0 Å². The summed E-state index contributed by atoms with van der Waals surface area (Å²) in [4.78, 5) is 25.9. The monoisotopic (exact) mass is 756 g/mol. The van der Waals surface area contributed by atoms with Gasteiger partial charge in [0, 0.05) is 11.3 Å². The molecule has 1 aromatic carbocycles. The Hall–Kier alpha value is -1.99. The van der Waals surface area contributed by atoms with Crippen LogP contribution in [0.1, 0.15) is 154 Å². The minimum atomic E-state index is -0.473. The molecule has 0 bridgehead atoms. The van der Waals surface area contributed by atoms with E-state index in [-0.39, 0.29) is 47.3 Å². The second kappa shape index (κ2) is 26.8. The van der Waals surface area contributed by atoms with Gasteiger partial charge in [-0.25, -0.2) is 0 Å². The molecule has 2 N–H and O–H groups in total. The van der Waals surface area contributed by atoms with Gasteiger partial charge in [-0.3, -0.25) is 14.5 Å². The standard InChI is InChI=1S/C46H74ClNO5/c1-3-46(32-24-33-46)44(51)31-23-29-40-39(41(47)37-43(40)50)28-20-16-21-30-42(45(52)53-36-35-49)48(2)34-22-14-12-10-8-6-4-5-7-9-11-13-17-25-38-26-18-15-19-27-38/h15-16,18-20,23,26-27,29,35,39-44,50-51H,3-14,17,21-22,24-25,28,30-34,36-37H2,1-2H3/t39-,40-,41-,42?,43-,44+/m1/s1. The van der Waals surface area contributed by atoms with Gasteiger partial charge < -0.3 is 14.9 Å². The summed E-state index contributed by atoms with van der Waals surface area (Å²) >= 11 is 6.70. The molecule has 300 valence electrons. The topological polar surface area (TPSA) is 87.1 Å². The van der Waals surface area contributed by atoms with Crippen LogP contribution in [0.25, 0.3) is 0 Å². The van der Waals surface area contributed by atoms with E-state index >= 15 is 0 Å². The van der Waals surface area contributed by atoms with Gasteiger partial charge in [-0.15, -0.1) is 11.6 Å². The Balaban J connectivity index is 1.27. The number of alkyl halides is 1. The number of carbonyl (C=O) groups is 2. The van der Waals surface area contributed by atoms with E-state index in [1.54, 1.807) is 0 Å². The first kappa shape index (κ1) is 45.4. The van der Waals surface area contributed by atoms with Gasteiger partial charge in [0.1, 0.15) is 12.6 Å². The lowest BCUT2D eigenvalue weighted by Crippen LogP contribution is -2.40. The molecule has 3 rings (SSSR count). The molecule has 0 saturated heterocycles. The molecule has 0 amide bonds. The molecule has 2 saturated carbocycles.